The number of unbranched alkanes of at least 4 members (excludes halogenated alkanes) is 6. The molecule has 1 heteroatoms. The Kier molecular flexibility index (Phi) is 12.2. The molecule has 0 radical (unpaired) electrons. The van der Waals surface area contributed by atoms with Crippen molar-refractivity contribution in [2.75, 3.05) is 0 Å². The van der Waals surface area contributed by atoms with Crippen LogP contribution >= 0.6 is 0 Å². The van der Waals surface area contributed by atoms with Crippen molar-refractivity contribution in [3.63, 3.8) is 0 Å². The molecule has 0 saturated heterocycles. The molecule has 0 aromatic rings. The summed E-state index contributed by atoms with van der Waals surface area (Å²) in [7, 11) is 0. The summed E-state index contributed by atoms with van der Waals surface area (Å²) in [5, 5.41) is 0. The van der Waals surface area contributed by atoms with Crippen molar-refractivity contribution in [1.29, 1.82) is 0 Å². The van der Waals surface area contributed by atoms with Crippen molar-refractivity contribution in [1.82, 2.24) is 0 Å². The normalized spacial score (nSPS) is 13.1. The van der Waals surface area contributed by atoms with Crippen LogP contribution in [-0.4, -0.2) is 17.7 Å². The molecule has 0 N–H and O–H groups in total. The van der Waals surface area contributed by atoms with E-state index in [4.69, 9.17) is 0 Å². The molecule has 80 valence electrons. The second-order valence-electron chi connectivity index (χ2n) is 4.80. The molecule has 1 atom stereocenters. The van der Waals surface area contributed by atoms with Crippen molar-refractivity contribution < 1.29 is 0 Å². The van der Waals surface area contributed by atoms with Crippen molar-refractivity contribution in [3.8, 4) is 0 Å². The van der Waals surface area contributed by atoms with Gasteiger partial charge in [0.1, 0.15) is 0 Å². The molecular weight excluding hydrogens is 163 g/mol. The van der Waals surface area contributed by atoms with E-state index in [9.17, 15) is 0 Å². The zero-order valence-corrected chi connectivity index (χ0v) is 10.6. The fraction of sp³-hybridized carbons (Fsp3) is 1.00. The summed E-state index contributed by atoms with van der Waals surface area (Å²) in [4.78, 5) is 0. The Bertz CT molecular complexity index is 101. The van der Waals surface area contributed by atoms with Crippen LogP contribution in [0.3, 0.4) is 0 Å². The molecular formula is C13H27Li. The van der Waals surface area contributed by atoms with Crippen molar-refractivity contribution in [3.05, 3.63) is 0 Å². The topological polar surface area (TPSA) is 0 Å². The molecule has 14 heavy (non-hydrogen) atoms. The van der Waals surface area contributed by atoms with Crippen LogP contribution < -0.4 is 0 Å². The average Bonchev–Trinajstić information content (AvgIpc) is 2.17. The Morgan fingerprint density at radius 1 is 0.714 bits per heavy atom. The third-order valence-corrected chi connectivity index (χ3v) is 3.08. The van der Waals surface area contributed by atoms with Gasteiger partial charge in [0.05, 0.1) is 0 Å². The molecule has 0 heterocycles. The third kappa shape index (κ3) is 10.7. The second-order valence-corrected chi connectivity index (χ2v) is 4.80. The predicted octanol–water partition coefficient (Wildman–Crippen LogP) is 4.88. The molecule has 0 nitrogen and oxygen atoms in total. The number of hydrogen-bond donors (Lipinski definition) is 0. The van der Waals surface area contributed by atoms with Crippen LogP contribution in [0.2, 0.25) is 4.59 Å². The Hall–Kier alpha value is 0.597. The van der Waals surface area contributed by atoms with E-state index in [-0.39, 0.29) is 0 Å². The minimum atomic E-state index is 0.968. The molecule has 0 aromatic heterocycles. The van der Waals surface area contributed by atoms with Crippen LogP contribution in [0.1, 0.15) is 78.1 Å². The first-order chi connectivity index (χ1) is 6.81. The van der Waals surface area contributed by atoms with Crippen LogP contribution in [0, 0.1) is 0 Å². The van der Waals surface area contributed by atoms with Gasteiger partial charge in [-0.25, -0.2) is 0 Å². The second kappa shape index (κ2) is 11.7. The molecule has 0 amide bonds. The summed E-state index contributed by atoms with van der Waals surface area (Å²) in [6.45, 7) is 4.58. The summed E-state index contributed by atoms with van der Waals surface area (Å²) in [5.41, 5.74) is 0. The maximum atomic E-state index is 2.40. The quantitative estimate of drug-likeness (QED) is 0.340. The Labute approximate surface area is 100 Å². The van der Waals surface area contributed by atoms with Crippen LogP contribution in [0.4, 0.5) is 0 Å². The fourth-order valence-corrected chi connectivity index (χ4v) is 2.09. The van der Waals surface area contributed by atoms with E-state index in [0.29, 0.717) is 0 Å². The van der Waals surface area contributed by atoms with Crippen LogP contribution in [0.25, 0.3) is 0 Å². The Balaban J connectivity index is 2.98. The van der Waals surface area contributed by atoms with Gasteiger partial charge in [0.2, 0.25) is 0 Å². The zero-order chi connectivity index (χ0) is 10.6. The third-order valence-electron chi connectivity index (χ3n) is 3.08. The van der Waals surface area contributed by atoms with Crippen LogP contribution in [0.5, 0.6) is 0 Å². The molecule has 0 fully saturated rings. The summed E-state index contributed by atoms with van der Waals surface area (Å²) in [6.07, 6.45) is 14.4. The van der Waals surface area contributed by atoms with Gasteiger partial charge in [-0.05, 0) is 0 Å². The van der Waals surface area contributed by atoms with E-state index in [1.165, 1.54) is 64.2 Å². The zero-order valence-electron chi connectivity index (χ0n) is 10.6. The monoisotopic (exact) mass is 190 g/mol. The molecule has 0 aliphatic rings. The predicted molar refractivity (Wildman–Crippen MR) is 67.0 cm³/mol. The first kappa shape index (κ1) is 14.6. The first-order valence-electron chi connectivity index (χ1n) is 6.81. The standard InChI is InChI=1S/C13H27.Li/c1-3-5-7-9-11-13-12-10-8-6-4-2;/h7H,3-6,8-13H2,1-2H3;. The molecule has 0 aliphatic heterocycles. The van der Waals surface area contributed by atoms with Gasteiger partial charge in [0.25, 0.3) is 0 Å². The maximum absolute atomic E-state index is 2.40. The Morgan fingerprint density at radius 3 is 1.86 bits per heavy atom. The van der Waals surface area contributed by atoms with Gasteiger partial charge >= 0.3 is 100 Å². The average molecular weight is 190 g/mol. The van der Waals surface area contributed by atoms with Crippen LogP contribution in [-0.2, 0) is 0 Å². The summed E-state index contributed by atoms with van der Waals surface area (Å²) < 4.78 is 0.968. The summed E-state index contributed by atoms with van der Waals surface area (Å²) in [5.74, 6) is 0. The molecule has 0 spiro atoms. The van der Waals surface area contributed by atoms with E-state index in [0.717, 1.165) is 4.59 Å². The molecule has 0 bridgehead atoms. The van der Waals surface area contributed by atoms with E-state index in [1.807, 2.05) is 0 Å². The van der Waals surface area contributed by atoms with E-state index in [2.05, 4.69) is 31.6 Å². The minimum absolute atomic E-state index is 0.968. The van der Waals surface area contributed by atoms with Crippen molar-refractivity contribution >= 4 is 17.7 Å². The van der Waals surface area contributed by atoms with Gasteiger partial charge in [-0.15, -0.1) is 0 Å². The van der Waals surface area contributed by atoms with Gasteiger partial charge < -0.3 is 0 Å². The molecule has 0 saturated carbocycles. The number of hydrogen-bond acceptors (Lipinski definition) is 0. The fourth-order valence-electron chi connectivity index (χ4n) is 2.09. The van der Waals surface area contributed by atoms with E-state index < -0.39 is 0 Å². The van der Waals surface area contributed by atoms with Crippen LogP contribution in [0.15, 0.2) is 0 Å². The molecule has 0 rings (SSSR count). The summed E-state index contributed by atoms with van der Waals surface area (Å²) >= 11 is 2.40. The van der Waals surface area contributed by atoms with E-state index in [1.54, 1.807) is 0 Å². The molecule has 0 aromatic carbocycles. The Morgan fingerprint density at radius 2 is 1.29 bits per heavy atom. The van der Waals surface area contributed by atoms with Crippen molar-refractivity contribution in [2.45, 2.75) is 82.6 Å². The van der Waals surface area contributed by atoms with Gasteiger partial charge in [0.15, 0.2) is 0 Å². The first-order valence-corrected chi connectivity index (χ1v) is 6.81. The van der Waals surface area contributed by atoms with E-state index >= 15 is 0 Å². The van der Waals surface area contributed by atoms with Crippen molar-refractivity contribution in [2.24, 2.45) is 0 Å². The number of rotatable bonds is 10. The van der Waals surface area contributed by atoms with Gasteiger partial charge in [-0.3, -0.25) is 0 Å². The van der Waals surface area contributed by atoms with Gasteiger partial charge in [-0.2, -0.15) is 0 Å². The molecule has 1 unspecified atom stereocenters. The summed E-state index contributed by atoms with van der Waals surface area (Å²) in [6, 6.07) is 0. The SMILES string of the molecule is [Li][CH](CCC)CCCCCCCCC. The molecule has 0 aliphatic carbocycles. The van der Waals surface area contributed by atoms with Gasteiger partial charge in [0, 0.05) is 0 Å². The van der Waals surface area contributed by atoms with Gasteiger partial charge in [-0.1, -0.05) is 0 Å².